The summed E-state index contributed by atoms with van der Waals surface area (Å²) < 4.78 is 17.4. The van der Waals surface area contributed by atoms with Crippen molar-refractivity contribution in [2.45, 2.75) is 39.9 Å². The Hall–Kier alpha value is -3.15. The third kappa shape index (κ3) is 6.75. The maximum absolute atomic E-state index is 11.0. The molecule has 0 unspecified atom stereocenters. The van der Waals surface area contributed by atoms with E-state index in [-0.39, 0.29) is 12.5 Å². The number of carboxylic acid groups (broad SMARTS) is 1. The van der Waals surface area contributed by atoms with Crippen molar-refractivity contribution in [3.8, 4) is 17.2 Å². The first-order valence-electron chi connectivity index (χ1n) is 9.60. The van der Waals surface area contributed by atoms with Crippen LogP contribution in [0.3, 0.4) is 0 Å². The van der Waals surface area contributed by atoms with Crippen LogP contribution in [0.25, 0.3) is 5.57 Å². The molecule has 0 aliphatic rings. The van der Waals surface area contributed by atoms with E-state index >= 15 is 0 Å². The highest BCUT2D eigenvalue weighted by molar-refractivity contribution is 5.87. The predicted octanol–water partition coefficient (Wildman–Crippen LogP) is 4.98. The van der Waals surface area contributed by atoms with E-state index in [2.05, 4.69) is 11.9 Å². The number of aliphatic carboxylic acids is 1. The lowest BCUT2D eigenvalue weighted by molar-refractivity contribution is -0.135. The number of hydrogen-bond donors (Lipinski definition) is 2. The van der Waals surface area contributed by atoms with Crippen molar-refractivity contribution < 1.29 is 24.1 Å². The summed E-state index contributed by atoms with van der Waals surface area (Å²) in [6, 6.07) is 11.2. The minimum absolute atomic E-state index is 0.0533. The van der Waals surface area contributed by atoms with Gasteiger partial charge in [0.1, 0.15) is 23.9 Å². The molecule has 0 aliphatic carbocycles. The third-order valence-electron chi connectivity index (χ3n) is 4.03. The van der Waals surface area contributed by atoms with Crippen LogP contribution < -0.4 is 19.5 Å². The zero-order valence-electron chi connectivity index (χ0n) is 17.5. The SMILES string of the molecule is C=C(CC(=O)O)c1cc(OCc2cc(OCC)cc(OC(C)C)c2)ccc1NC. The summed E-state index contributed by atoms with van der Waals surface area (Å²) in [7, 11) is 1.78. The van der Waals surface area contributed by atoms with Gasteiger partial charge in [0.15, 0.2) is 0 Å². The molecule has 156 valence electrons. The topological polar surface area (TPSA) is 77.0 Å². The van der Waals surface area contributed by atoms with E-state index < -0.39 is 5.97 Å². The third-order valence-corrected chi connectivity index (χ3v) is 4.03. The first-order valence-corrected chi connectivity index (χ1v) is 9.60. The van der Waals surface area contributed by atoms with E-state index in [9.17, 15) is 4.79 Å². The standard InChI is InChI=1S/C23H29NO5/c1-6-27-19-10-17(11-20(12-19)29-15(2)3)14-28-18-7-8-22(24-5)21(13-18)16(4)9-23(25)26/h7-8,10-13,15,24H,4,6,9,14H2,1-3,5H3,(H,25,26). The molecule has 6 nitrogen and oxygen atoms in total. The molecule has 0 fully saturated rings. The van der Waals surface area contributed by atoms with Crippen molar-refractivity contribution in [1.82, 2.24) is 0 Å². The van der Waals surface area contributed by atoms with Crippen molar-refractivity contribution in [1.29, 1.82) is 0 Å². The van der Waals surface area contributed by atoms with Crippen LogP contribution in [0, 0.1) is 0 Å². The van der Waals surface area contributed by atoms with Crippen LogP contribution in [-0.4, -0.2) is 30.8 Å². The smallest absolute Gasteiger partial charge is 0.307 e. The number of anilines is 1. The monoisotopic (exact) mass is 399 g/mol. The highest BCUT2D eigenvalue weighted by Crippen LogP contribution is 2.30. The van der Waals surface area contributed by atoms with Gasteiger partial charge in [-0.15, -0.1) is 0 Å². The molecule has 0 spiro atoms. The average molecular weight is 399 g/mol. The Morgan fingerprint density at radius 2 is 1.83 bits per heavy atom. The second kappa shape index (κ2) is 10.4. The summed E-state index contributed by atoms with van der Waals surface area (Å²) in [6.45, 7) is 10.6. The molecule has 0 aliphatic heterocycles. The zero-order valence-corrected chi connectivity index (χ0v) is 17.5. The van der Waals surface area contributed by atoms with Crippen molar-refractivity contribution in [2.75, 3.05) is 19.0 Å². The van der Waals surface area contributed by atoms with E-state index in [1.165, 1.54) is 0 Å². The number of ether oxygens (including phenoxy) is 3. The molecule has 6 heteroatoms. The Bertz CT molecular complexity index is 860. The molecule has 0 radical (unpaired) electrons. The summed E-state index contributed by atoms with van der Waals surface area (Å²) in [4.78, 5) is 11.0. The second-order valence-corrected chi connectivity index (χ2v) is 6.83. The molecule has 0 atom stereocenters. The molecule has 0 saturated heterocycles. The van der Waals surface area contributed by atoms with Crippen molar-refractivity contribution in [3.05, 3.63) is 54.1 Å². The summed E-state index contributed by atoms with van der Waals surface area (Å²) in [6.07, 6.45) is -0.0812. The number of rotatable bonds is 11. The minimum Gasteiger partial charge on any atom is -0.494 e. The fraction of sp³-hybridized carbons (Fsp3) is 0.348. The fourth-order valence-corrected chi connectivity index (χ4v) is 2.87. The highest BCUT2D eigenvalue weighted by atomic mass is 16.5. The number of carbonyl (C=O) groups is 1. The van der Waals surface area contributed by atoms with E-state index in [0.29, 0.717) is 24.5 Å². The van der Waals surface area contributed by atoms with E-state index in [1.807, 2.05) is 51.1 Å². The zero-order chi connectivity index (χ0) is 21.4. The van der Waals surface area contributed by atoms with Crippen LogP contribution >= 0.6 is 0 Å². The van der Waals surface area contributed by atoms with Gasteiger partial charge in [-0.2, -0.15) is 0 Å². The Labute approximate surface area is 172 Å². The Kier molecular flexibility index (Phi) is 7.95. The molecule has 2 aromatic carbocycles. The predicted molar refractivity (Wildman–Crippen MR) is 115 cm³/mol. The molecular weight excluding hydrogens is 370 g/mol. The Morgan fingerprint density at radius 1 is 1.10 bits per heavy atom. The van der Waals surface area contributed by atoms with Gasteiger partial charge in [0, 0.05) is 24.4 Å². The number of carboxylic acids is 1. The summed E-state index contributed by atoms with van der Waals surface area (Å²) in [5, 5.41) is 12.1. The van der Waals surface area contributed by atoms with Gasteiger partial charge >= 0.3 is 5.97 Å². The van der Waals surface area contributed by atoms with Gasteiger partial charge in [-0.25, -0.2) is 0 Å². The molecular formula is C23H29NO5. The van der Waals surface area contributed by atoms with E-state index in [0.717, 1.165) is 28.3 Å². The minimum atomic E-state index is -0.922. The highest BCUT2D eigenvalue weighted by Gasteiger charge is 2.11. The molecule has 29 heavy (non-hydrogen) atoms. The molecule has 0 saturated carbocycles. The Morgan fingerprint density at radius 3 is 2.45 bits per heavy atom. The summed E-state index contributed by atoms with van der Waals surface area (Å²) in [5.74, 6) is 1.16. The van der Waals surface area contributed by atoms with E-state index in [1.54, 1.807) is 13.1 Å². The van der Waals surface area contributed by atoms with Gasteiger partial charge in [-0.1, -0.05) is 6.58 Å². The molecule has 2 N–H and O–H groups in total. The molecule has 2 rings (SSSR count). The normalized spacial score (nSPS) is 10.5. The molecule has 0 heterocycles. The van der Waals surface area contributed by atoms with Crippen molar-refractivity contribution >= 4 is 17.2 Å². The lowest BCUT2D eigenvalue weighted by atomic mass is 10.0. The first kappa shape index (κ1) is 22.1. The maximum Gasteiger partial charge on any atom is 0.307 e. The fourth-order valence-electron chi connectivity index (χ4n) is 2.87. The summed E-state index contributed by atoms with van der Waals surface area (Å²) in [5.41, 5.74) is 2.95. The van der Waals surface area contributed by atoms with Crippen molar-refractivity contribution in [3.63, 3.8) is 0 Å². The van der Waals surface area contributed by atoms with Crippen LogP contribution in [0.5, 0.6) is 17.2 Å². The van der Waals surface area contributed by atoms with Crippen LogP contribution in [0.2, 0.25) is 0 Å². The van der Waals surface area contributed by atoms with Crippen LogP contribution in [0.1, 0.15) is 38.3 Å². The van der Waals surface area contributed by atoms with Gasteiger partial charge in [0.2, 0.25) is 0 Å². The van der Waals surface area contributed by atoms with Gasteiger partial charge in [0.25, 0.3) is 0 Å². The lowest BCUT2D eigenvalue weighted by Gasteiger charge is -2.16. The summed E-state index contributed by atoms with van der Waals surface area (Å²) >= 11 is 0. The van der Waals surface area contributed by atoms with Crippen molar-refractivity contribution in [2.24, 2.45) is 0 Å². The Balaban J connectivity index is 2.21. The second-order valence-electron chi connectivity index (χ2n) is 6.83. The number of hydrogen-bond acceptors (Lipinski definition) is 5. The molecule has 0 aromatic heterocycles. The molecule has 0 amide bonds. The average Bonchev–Trinajstić information content (AvgIpc) is 2.65. The quantitative estimate of drug-likeness (QED) is 0.555. The van der Waals surface area contributed by atoms with Gasteiger partial charge in [-0.05, 0) is 62.2 Å². The van der Waals surface area contributed by atoms with Gasteiger partial charge in [-0.3, -0.25) is 4.79 Å². The molecule has 2 aromatic rings. The van der Waals surface area contributed by atoms with Crippen LogP contribution in [0.15, 0.2) is 43.0 Å². The number of benzene rings is 2. The molecule has 0 bridgehead atoms. The van der Waals surface area contributed by atoms with Gasteiger partial charge in [0.05, 0.1) is 19.1 Å². The first-order chi connectivity index (χ1) is 13.8. The number of nitrogens with one attached hydrogen (secondary N) is 1. The lowest BCUT2D eigenvalue weighted by Crippen LogP contribution is -2.07. The van der Waals surface area contributed by atoms with Crippen LogP contribution in [-0.2, 0) is 11.4 Å². The van der Waals surface area contributed by atoms with Crippen LogP contribution in [0.4, 0.5) is 5.69 Å². The van der Waals surface area contributed by atoms with Gasteiger partial charge < -0.3 is 24.6 Å². The maximum atomic E-state index is 11.0. The van der Waals surface area contributed by atoms with E-state index in [4.69, 9.17) is 19.3 Å². The largest absolute Gasteiger partial charge is 0.494 e.